The number of amides is 3. The Morgan fingerprint density at radius 2 is 1.96 bits per heavy atom. The molecule has 2 aromatic carbocycles. The summed E-state index contributed by atoms with van der Waals surface area (Å²) in [5, 5.41) is 15.7. The van der Waals surface area contributed by atoms with E-state index in [4.69, 9.17) is 4.74 Å². The zero-order chi connectivity index (χ0) is 19.2. The number of urea groups is 1. The van der Waals surface area contributed by atoms with Crippen LogP contribution in [0.1, 0.15) is 24.5 Å². The van der Waals surface area contributed by atoms with E-state index in [2.05, 4.69) is 10.6 Å². The predicted octanol–water partition coefficient (Wildman–Crippen LogP) is 2.68. The number of ether oxygens (including phenoxy) is 1. The zero-order valence-electron chi connectivity index (χ0n) is 15.1. The van der Waals surface area contributed by atoms with Gasteiger partial charge in [0.05, 0.1) is 24.6 Å². The van der Waals surface area contributed by atoms with Crippen LogP contribution < -0.4 is 20.3 Å². The minimum Gasteiger partial charge on any atom is -0.496 e. The third-order valence-electron chi connectivity index (χ3n) is 4.47. The number of aliphatic hydroxyl groups excluding tert-OH is 1. The van der Waals surface area contributed by atoms with Crippen molar-refractivity contribution in [2.75, 3.05) is 30.4 Å². The van der Waals surface area contributed by atoms with Gasteiger partial charge in [0.2, 0.25) is 5.91 Å². The van der Waals surface area contributed by atoms with Gasteiger partial charge in [-0.15, -0.1) is 0 Å². The van der Waals surface area contributed by atoms with Gasteiger partial charge < -0.3 is 25.4 Å². The number of hydrogen-bond acceptors (Lipinski definition) is 4. The minimum absolute atomic E-state index is 0.0248. The SMILES string of the molecule is COc1ccccc1C(O)CNC(=O)Nc1ccccc1N1CCCC1=O. The van der Waals surface area contributed by atoms with E-state index in [-0.39, 0.29) is 12.5 Å². The third-order valence-corrected chi connectivity index (χ3v) is 4.47. The number of benzene rings is 2. The van der Waals surface area contributed by atoms with Gasteiger partial charge in [0.15, 0.2) is 0 Å². The number of hydrogen-bond donors (Lipinski definition) is 3. The Morgan fingerprint density at radius 1 is 1.22 bits per heavy atom. The van der Waals surface area contributed by atoms with Gasteiger partial charge in [0, 0.05) is 25.1 Å². The summed E-state index contributed by atoms with van der Waals surface area (Å²) in [7, 11) is 1.53. The molecule has 0 spiro atoms. The van der Waals surface area contributed by atoms with E-state index in [0.29, 0.717) is 35.7 Å². The van der Waals surface area contributed by atoms with Crippen LogP contribution in [0.3, 0.4) is 0 Å². The molecule has 3 amide bonds. The van der Waals surface area contributed by atoms with E-state index < -0.39 is 12.1 Å². The molecule has 27 heavy (non-hydrogen) atoms. The van der Waals surface area contributed by atoms with Crippen molar-refractivity contribution in [1.29, 1.82) is 0 Å². The molecule has 1 aliphatic rings. The third kappa shape index (κ3) is 4.38. The summed E-state index contributed by atoms with van der Waals surface area (Å²) in [6, 6.07) is 13.8. The van der Waals surface area contributed by atoms with E-state index in [0.717, 1.165) is 6.42 Å². The predicted molar refractivity (Wildman–Crippen MR) is 103 cm³/mol. The molecular weight excluding hydrogens is 346 g/mol. The first-order valence-electron chi connectivity index (χ1n) is 8.85. The van der Waals surface area contributed by atoms with Gasteiger partial charge >= 0.3 is 6.03 Å². The van der Waals surface area contributed by atoms with Crippen LogP contribution in [0.15, 0.2) is 48.5 Å². The summed E-state index contributed by atoms with van der Waals surface area (Å²) >= 11 is 0. The molecule has 0 aliphatic carbocycles. The average molecular weight is 369 g/mol. The van der Waals surface area contributed by atoms with Crippen molar-refractivity contribution in [2.24, 2.45) is 0 Å². The molecule has 0 aromatic heterocycles. The molecular formula is C20H23N3O4. The molecule has 3 rings (SSSR count). The number of nitrogens with zero attached hydrogens (tertiary/aromatic N) is 1. The molecule has 1 fully saturated rings. The van der Waals surface area contributed by atoms with Crippen LogP contribution in [0.25, 0.3) is 0 Å². The monoisotopic (exact) mass is 369 g/mol. The van der Waals surface area contributed by atoms with Crippen molar-refractivity contribution in [2.45, 2.75) is 18.9 Å². The highest BCUT2D eigenvalue weighted by molar-refractivity contribution is 6.01. The molecule has 1 atom stereocenters. The van der Waals surface area contributed by atoms with Crippen LogP contribution in [0.2, 0.25) is 0 Å². The van der Waals surface area contributed by atoms with Crippen molar-refractivity contribution in [3.63, 3.8) is 0 Å². The van der Waals surface area contributed by atoms with E-state index in [9.17, 15) is 14.7 Å². The Morgan fingerprint density at radius 3 is 2.70 bits per heavy atom. The highest BCUT2D eigenvalue weighted by Gasteiger charge is 2.24. The Kier molecular flexibility index (Phi) is 5.93. The second-order valence-electron chi connectivity index (χ2n) is 6.26. The van der Waals surface area contributed by atoms with Crippen LogP contribution in [-0.4, -0.2) is 37.2 Å². The summed E-state index contributed by atoms with van der Waals surface area (Å²) in [4.78, 5) is 26.0. The number of carbonyl (C=O) groups excluding carboxylic acids is 2. The number of carbonyl (C=O) groups is 2. The topological polar surface area (TPSA) is 90.9 Å². The zero-order valence-corrected chi connectivity index (χ0v) is 15.1. The van der Waals surface area contributed by atoms with Crippen molar-refractivity contribution in [1.82, 2.24) is 5.32 Å². The summed E-state index contributed by atoms with van der Waals surface area (Å²) in [5.74, 6) is 0.612. The Balaban J connectivity index is 1.62. The number of anilines is 2. The maximum atomic E-state index is 12.3. The fraction of sp³-hybridized carbons (Fsp3) is 0.300. The first-order chi connectivity index (χ1) is 13.1. The first-order valence-corrected chi connectivity index (χ1v) is 8.85. The van der Waals surface area contributed by atoms with Gasteiger partial charge in [-0.2, -0.15) is 0 Å². The number of methoxy groups -OCH3 is 1. The minimum atomic E-state index is -0.901. The highest BCUT2D eigenvalue weighted by atomic mass is 16.5. The molecule has 2 aromatic rings. The summed E-state index contributed by atoms with van der Waals surface area (Å²) in [5.41, 5.74) is 1.83. The Labute approximate surface area is 157 Å². The Hall–Kier alpha value is -3.06. The second kappa shape index (κ2) is 8.55. The standard InChI is InChI=1S/C20H23N3O4/c1-27-18-10-5-2-7-14(18)17(24)13-21-20(26)22-15-8-3-4-9-16(15)23-12-6-11-19(23)25/h2-5,7-10,17,24H,6,11-13H2,1H3,(H2,21,22,26). The second-order valence-corrected chi connectivity index (χ2v) is 6.26. The van der Waals surface area contributed by atoms with Gasteiger partial charge in [-0.1, -0.05) is 30.3 Å². The van der Waals surface area contributed by atoms with Gasteiger partial charge in [0.1, 0.15) is 5.75 Å². The molecule has 1 saturated heterocycles. The molecule has 7 nitrogen and oxygen atoms in total. The molecule has 0 radical (unpaired) electrons. The molecule has 0 saturated carbocycles. The molecule has 1 heterocycles. The van der Waals surface area contributed by atoms with Gasteiger partial charge in [-0.05, 0) is 24.6 Å². The van der Waals surface area contributed by atoms with Crippen LogP contribution in [-0.2, 0) is 4.79 Å². The molecule has 0 bridgehead atoms. The van der Waals surface area contributed by atoms with Crippen LogP contribution in [0.4, 0.5) is 16.2 Å². The lowest BCUT2D eigenvalue weighted by Crippen LogP contribution is -2.33. The maximum Gasteiger partial charge on any atom is 0.319 e. The van der Waals surface area contributed by atoms with E-state index in [1.807, 2.05) is 18.2 Å². The van der Waals surface area contributed by atoms with Crippen molar-refractivity contribution >= 4 is 23.3 Å². The summed E-state index contributed by atoms with van der Waals surface area (Å²) in [6.45, 7) is 0.669. The fourth-order valence-corrected chi connectivity index (χ4v) is 3.13. The lowest BCUT2D eigenvalue weighted by molar-refractivity contribution is -0.117. The summed E-state index contributed by atoms with van der Waals surface area (Å²) in [6.07, 6.45) is 0.429. The lowest BCUT2D eigenvalue weighted by Gasteiger charge is -2.20. The average Bonchev–Trinajstić information content (AvgIpc) is 3.12. The van der Waals surface area contributed by atoms with Crippen LogP contribution >= 0.6 is 0 Å². The van der Waals surface area contributed by atoms with Gasteiger partial charge in [0.25, 0.3) is 0 Å². The maximum absolute atomic E-state index is 12.3. The molecule has 3 N–H and O–H groups in total. The molecule has 1 aliphatic heterocycles. The Bertz CT molecular complexity index is 824. The smallest absolute Gasteiger partial charge is 0.319 e. The van der Waals surface area contributed by atoms with E-state index in [1.165, 1.54) is 7.11 Å². The number of para-hydroxylation sites is 3. The van der Waals surface area contributed by atoms with Crippen LogP contribution in [0, 0.1) is 0 Å². The van der Waals surface area contributed by atoms with Crippen molar-refractivity contribution in [3.8, 4) is 5.75 Å². The number of aliphatic hydroxyl groups is 1. The molecule has 142 valence electrons. The lowest BCUT2D eigenvalue weighted by atomic mass is 10.1. The van der Waals surface area contributed by atoms with Gasteiger partial charge in [-0.3, -0.25) is 4.79 Å². The molecule has 7 heteroatoms. The largest absolute Gasteiger partial charge is 0.496 e. The van der Waals surface area contributed by atoms with Gasteiger partial charge in [-0.25, -0.2) is 4.79 Å². The quantitative estimate of drug-likeness (QED) is 0.730. The normalized spacial score (nSPS) is 14.7. The summed E-state index contributed by atoms with van der Waals surface area (Å²) < 4.78 is 5.23. The van der Waals surface area contributed by atoms with E-state index in [1.54, 1.807) is 35.2 Å². The van der Waals surface area contributed by atoms with E-state index >= 15 is 0 Å². The first kappa shape index (κ1) is 18.7. The number of nitrogens with one attached hydrogen (secondary N) is 2. The molecule has 1 unspecified atom stereocenters. The number of rotatable bonds is 6. The fourth-order valence-electron chi connectivity index (χ4n) is 3.13. The van der Waals surface area contributed by atoms with Crippen molar-refractivity contribution in [3.05, 3.63) is 54.1 Å². The van der Waals surface area contributed by atoms with Crippen LogP contribution in [0.5, 0.6) is 5.75 Å². The van der Waals surface area contributed by atoms with Crippen molar-refractivity contribution < 1.29 is 19.4 Å². The highest BCUT2D eigenvalue weighted by Crippen LogP contribution is 2.29.